The quantitative estimate of drug-likeness (QED) is 0.844. The van der Waals surface area contributed by atoms with Gasteiger partial charge in [0.05, 0.1) is 23.4 Å². The Bertz CT molecular complexity index is 411. The number of benzene rings is 1. The lowest BCUT2D eigenvalue weighted by atomic mass is 10.1. The van der Waals surface area contributed by atoms with Crippen LogP contribution in [0.15, 0.2) is 24.3 Å². The summed E-state index contributed by atoms with van der Waals surface area (Å²) in [6.45, 7) is 3.20. The number of amides is 1. The summed E-state index contributed by atoms with van der Waals surface area (Å²) < 4.78 is 5.42. The number of morpholine rings is 1. The lowest BCUT2D eigenvalue weighted by molar-refractivity contribution is -0.123. The maximum Gasteiger partial charge on any atom is 0.244 e. The molecule has 5 heteroatoms. The molecule has 0 bridgehead atoms. The minimum Gasteiger partial charge on any atom is -0.375 e. The molecule has 1 fully saturated rings. The maximum atomic E-state index is 12.0. The second-order valence-corrected chi connectivity index (χ2v) is 4.38. The van der Waals surface area contributed by atoms with Crippen molar-refractivity contribution >= 4 is 23.2 Å². The maximum absolute atomic E-state index is 12.0. The average molecular weight is 255 g/mol. The number of carbonyl (C=O) groups is 1. The third-order valence-electron chi connectivity index (χ3n) is 2.73. The van der Waals surface area contributed by atoms with Gasteiger partial charge in [0.2, 0.25) is 5.91 Å². The van der Waals surface area contributed by atoms with Crippen LogP contribution >= 0.6 is 11.6 Å². The van der Waals surface area contributed by atoms with Crippen LogP contribution in [0.1, 0.15) is 6.92 Å². The van der Waals surface area contributed by atoms with Gasteiger partial charge < -0.3 is 15.4 Å². The summed E-state index contributed by atoms with van der Waals surface area (Å²) >= 11 is 5.98. The number of carbonyl (C=O) groups excluding carboxylic acids is 1. The van der Waals surface area contributed by atoms with E-state index < -0.39 is 0 Å². The van der Waals surface area contributed by atoms with Gasteiger partial charge in [0.1, 0.15) is 6.04 Å². The van der Waals surface area contributed by atoms with Gasteiger partial charge in [0, 0.05) is 6.54 Å². The molecule has 0 aromatic heterocycles. The predicted molar refractivity (Wildman–Crippen MR) is 67.3 cm³/mol. The van der Waals surface area contributed by atoms with Crippen LogP contribution in [0, 0.1) is 0 Å². The van der Waals surface area contributed by atoms with Crippen LogP contribution in [-0.2, 0) is 9.53 Å². The molecule has 1 saturated heterocycles. The molecule has 2 rings (SSSR count). The number of nitrogens with one attached hydrogen (secondary N) is 2. The third kappa shape index (κ3) is 2.97. The molecule has 1 aliphatic rings. The van der Waals surface area contributed by atoms with Gasteiger partial charge in [-0.2, -0.15) is 0 Å². The van der Waals surface area contributed by atoms with E-state index in [1.54, 1.807) is 12.1 Å². The van der Waals surface area contributed by atoms with E-state index in [0.717, 1.165) is 0 Å². The fourth-order valence-corrected chi connectivity index (χ4v) is 1.98. The van der Waals surface area contributed by atoms with Gasteiger partial charge in [-0.15, -0.1) is 0 Å². The molecule has 1 aromatic rings. The number of hydrogen-bond donors (Lipinski definition) is 2. The summed E-state index contributed by atoms with van der Waals surface area (Å²) in [7, 11) is 0. The zero-order valence-corrected chi connectivity index (χ0v) is 10.3. The Labute approximate surface area is 105 Å². The van der Waals surface area contributed by atoms with Crippen molar-refractivity contribution in [2.24, 2.45) is 0 Å². The highest BCUT2D eigenvalue weighted by Crippen LogP contribution is 2.21. The topological polar surface area (TPSA) is 50.4 Å². The summed E-state index contributed by atoms with van der Waals surface area (Å²) in [5.41, 5.74) is 0.624. The highest BCUT2D eigenvalue weighted by Gasteiger charge is 2.28. The Kier molecular flexibility index (Phi) is 3.99. The number of anilines is 1. The Hall–Kier alpha value is -1.10. The summed E-state index contributed by atoms with van der Waals surface area (Å²) in [6, 6.07) is 6.83. The van der Waals surface area contributed by atoms with E-state index in [4.69, 9.17) is 16.3 Å². The molecule has 2 atom stereocenters. The van der Waals surface area contributed by atoms with Crippen LogP contribution in [0.5, 0.6) is 0 Å². The minimum absolute atomic E-state index is 0.120. The molecule has 0 unspecified atom stereocenters. The first-order chi connectivity index (χ1) is 8.18. The van der Waals surface area contributed by atoms with Crippen LogP contribution in [0.3, 0.4) is 0 Å². The van der Waals surface area contributed by atoms with Crippen molar-refractivity contribution < 1.29 is 9.53 Å². The first-order valence-corrected chi connectivity index (χ1v) is 5.96. The van der Waals surface area contributed by atoms with E-state index in [1.807, 2.05) is 19.1 Å². The van der Waals surface area contributed by atoms with Gasteiger partial charge in [0.15, 0.2) is 0 Å². The molecule has 0 aliphatic carbocycles. The first kappa shape index (κ1) is 12.4. The van der Waals surface area contributed by atoms with E-state index in [-0.39, 0.29) is 18.1 Å². The Morgan fingerprint density at radius 3 is 3.00 bits per heavy atom. The highest BCUT2D eigenvalue weighted by atomic mass is 35.5. The Morgan fingerprint density at radius 1 is 1.53 bits per heavy atom. The first-order valence-electron chi connectivity index (χ1n) is 5.59. The SMILES string of the molecule is C[C@H]1OCCN[C@@H]1C(=O)Nc1ccccc1Cl. The van der Waals surface area contributed by atoms with Crippen LogP contribution in [-0.4, -0.2) is 31.2 Å². The van der Waals surface area contributed by atoms with Crippen LogP contribution < -0.4 is 10.6 Å². The van der Waals surface area contributed by atoms with Crippen molar-refractivity contribution in [1.29, 1.82) is 0 Å². The standard InChI is InChI=1S/C12H15ClN2O2/c1-8-11(14-6-7-17-8)12(16)15-10-5-3-2-4-9(10)13/h2-5,8,11,14H,6-7H2,1H3,(H,15,16)/t8-,11+/m1/s1. The summed E-state index contributed by atoms with van der Waals surface area (Å²) in [5.74, 6) is -0.120. The number of para-hydroxylation sites is 1. The molecule has 0 saturated carbocycles. The van der Waals surface area contributed by atoms with Crippen molar-refractivity contribution in [3.63, 3.8) is 0 Å². The normalized spacial score (nSPS) is 24.4. The van der Waals surface area contributed by atoms with Crippen molar-refractivity contribution in [2.75, 3.05) is 18.5 Å². The lowest BCUT2D eigenvalue weighted by Gasteiger charge is -2.29. The fraction of sp³-hybridized carbons (Fsp3) is 0.417. The zero-order chi connectivity index (χ0) is 12.3. The van der Waals surface area contributed by atoms with Gasteiger partial charge in [0.25, 0.3) is 0 Å². The molecular formula is C12H15ClN2O2. The molecule has 0 radical (unpaired) electrons. The van der Waals surface area contributed by atoms with Gasteiger partial charge in [-0.3, -0.25) is 4.79 Å². The minimum atomic E-state index is -0.333. The van der Waals surface area contributed by atoms with Crippen molar-refractivity contribution in [1.82, 2.24) is 5.32 Å². The van der Waals surface area contributed by atoms with E-state index >= 15 is 0 Å². The second kappa shape index (κ2) is 5.49. The summed E-state index contributed by atoms with van der Waals surface area (Å²) in [6.07, 6.45) is -0.133. The highest BCUT2D eigenvalue weighted by molar-refractivity contribution is 6.33. The third-order valence-corrected chi connectivity index (χ3v) is 3.06. The van der Waals surface area contributed by atoms with E-state index in [9.17, 15) is 4.79 Å². The smallest absolute Gasteiger partial charge is 0.244 e. The largest absolute Gasteiger partial charge is 0.375 e. The van der Waals surface area contributed by atoms with E-state index in [2.05, 4.69) is 10.6 Å². The molecule has 1 amide bonds. The van der Waals surface area contributed by atoms with E-state index in [1.165, 1.54) is 0 Å². The van der Waals surface area contributed by atoms with Gasteiger partial charge >= 0.3 is 0 Å². The molecule has 1 aliphatic heterocycles. The molecular weight excluding hydrogens is 240 g/mol. The summed E-state index contributed by atoms with van der Waals surface area (Å²) in [5, 5.41) is 6.46. The molecule has 1 heterocycles. The molecule has 1 aromatic carbocycles. The van der Waals surface area contributed by atoms with Crippen molar-refractivity contribution in [3.8, 4) is 0 Å². The number of ether oxygens (including phenoxy) is 1. The van der Waals surface area contributed by atoms with Gasteiger partial charge in [-0.1, -0.05) is 23.7 Å². The molecule has 0 spiro atoms. The fourth-order valence-electron chi connectivity index (χ4n) is 1.80. The Morgan fingerprint density at radius 2 is 2.29 bits per heavy atom. The molecule has 92 valence electrons. The molecule has 2 N–H and O–H groups in total. The van der Waals surface area contributed by atoms with Crippen molar-refractivity contribution in [2.45, 2.75) is 19.1 Å². The second-order valence-electron chi connectivity index (χ2n) is 3.98. The molecule has 4 nitrogen and oxygen atoms in total. The number of halogens is 1. The van der Waals surface area contributed by atoms with E-state index in [0.29, 0.717) is 23.9 Å². The van der Waals surface area contributed by atoms with Crippen LogP contribution in [0.2, 0.25) is 5.02 Å². The Balaban J connectivity index is 2.03. The van der Waals surface area contributed by atoms with Crippen LogP contribution in [0.4, 0.5) is 5.69 Å². The monoisotopic (exact) mass is 254 g/mol. The summed E-state index contributed by atoms with van der Waals surface area (Å²) in [4.78, 5) is 12.0. The predicted octanol–water partition coefficient (Wildman–Crippen LogP) is 1.66. The number of rotatable bonds is 2. The number of hydrogen-bond acceptors (Lipinski definition) is 3. The molecule has 17 heavy (non-hydrogen) atoms. The van der Waals surface area contributed by atoms with Gasteiger partial charge in [-0.25, -0.2) is 0 Å². The average Bonchev–Trinajstić information content (AvgIpc) is 2.32. The van der Waals surface area contributed by atoms with Crippen LogP contribution in [0.25, 0.3) is 0 Å². The van der Waals surface area contributed by atoms with Gasteiger partial charge in [-0.05, 0) is 19.1 Å². The van der Waals surface area contributed by atoms with Crippen molar-refractivity contribution in [3.05, 3.63) is 29.3 Å². The zero-order valence-electron chi connectivity index (χ0n) is 9.57. The lowest BCUT2D eigenvalue weighted by Crippen LogP contribution is -2.53.